The van der Waals surface area contributed by atoms with E-state index in [-0.39, 0.29) is 6.10 Å². The van der Waals surface area contributed by atoms with E-state index < -0.39 is 0 Å². The molecule has 0 aromatic carbocycles. The molecule has 0 bridgehead atoms. The molecule has 0 saturated carbocycles. The lowest BCUT2D eigenvalue weighted by Gasteiger charge is -2.08. The average molecular weight is 283 g/mol. The molecule has 6 nitrogen and oxygen atoms in total. The van der Waals surface area contributed by atoms with Crippen LogP contribution in [-0.4, -0.2) is 28.6 Å². The molecule has 2 N–H and O–H groups in total. The summed E-state index contributed by atoms with van der Waals surface area (Å²) in [5.74, 6) is 0.369. The van der Waals surface area contributed by atoms with Crippen molar-refractivity contribution in [1.82, 2.24) is 9.38 Å². The summed E-state index contributed by atoms with van der Waals surface area (Å²) in [6.45, 7) is 3.29. The Hall–Kier alpha value is -2.39. The minimum atomic E-state index is 0.125. The lowest BCUT2D eigenvalue weighted by atomic mass is 10.2. The van der Waals surface area contributed by atoms with Crippen molar-refractivity contribution in [2.45, 2.75) is 25.9 Å². The number of ether oxygens (including phenoxy) is 1. The highest BCUT2D eigenvalue weighted by Gasteiger charge is 2.15. The lowest BCUT2D eigenvalue weighted by Crippen LogP contribution is -2.22. The molecule has 0 radical (unpaired) electrons. The highest BCUT2D eigenvalue weighted by molar-refractivity contribution is 5.55. The fraction of sp³-hybridized carbons (Fsp3) is 0.400. The number of nitriles is 1. The van der Waals surface area contributed by atoms with Gasteiger partial charge in [-0.15, -0.1) is 0 Å². The molecule has 2 aromatic heterocycles. The van der Waals surface area contributed by atoms with Crippen molar-refractivity contribution in [3.05, 3.63) is 34.9 Å². The first-order valence-electron chi connectivity index (χ1n) is 6.99. The maximum atomic E-state index is 9.33. The predicted molar refractivity (Wildman–Crippen MR) is 78.5 cm³/mol. The molecule has 1 aliphatic rings. The third-order valence-electron chi connectivity index (χ3n) is 3.63. The second-order valence-electron chi connectivity index (χ2n) is 5.22. The van der Waals surface area contributed by atoms with Crippen molar-refractivity contribution in [3.63, 3.8) is 0 Å². The molecule has 6 heteroatoms. The smallest absolute Gasteiger partial charge is 0.171 e. The Morgan fingerprint density at radius 3 is 3.19 bits per heavy atom. The molecule has 108 valence electrons. The number of nitrogens with two attached hydrogens (primary N) is 1. The minimum absolute atomic E-state index is 0.125. The van der Waals surface area contributed by atoms with Crippen LogP contribution in [0.15, 0.2) is 23.3 Å². The fourth-order valence-corrected chi connectivity index (χ4v) is 2.48. The Kier molecular flexibility index (Phi) is 3.59. The zero-order valence-electron chi connectivity index (χ0n) is 11.9. The van der Waals surface area contributed by atoms with E-state index in [4.69, 9.17) is 10.5 Å². The Morgan fingerprint density at radius 1 is 1.62 bits per heavy atom. The van der Waals surface area contributed by atoms with Gasteiger partial charge in [0.15, 0.2) is 5.49 Å². The Morgan fingerprint density at radius 2 is 2.48 bits per heavy atom. The number of nitrogens with zero attached hydrogens (tertiary/aromatic N) is 4. The Labute approximate surface area is 122 Å². The first-order valence-corrected chi connectivity index (χ1v) is 6.99. The molecule has 1 atom stereocenters. The number of fused-ring (bicyclic) bond motifs is 1. The summed E-state index contributed by atoms with van der Waals surface area (Å²) in [6, 6.07) is 5.95. The molecule has 1 aliphatic heterocycles. The van der Waals surface area contributed by atoms with E-state index in [2.05, 4.69) is 16.0 Å². The van der Waals surface area contributed by atoms with Crippen LogP contribution in [-0.2, 0) is 4.74 Å². The summed E-state index contributed by atoms with van der Waals surface area (Å²) >= 11 is 0. The molecule has 0 unspecified atom stereocenters. The number of nitrogen functional groups attached to an aromatic ring is 1. The van der Waals surface area contributed by atoms with E-state index in [1.165, 1.54) is 0 Å². The second-order valence-corrected chi connectivity index (χ2v) is 5.22. The van der Waals surface area contributed by atoms with Gasteiger partial charge in [-0.3, -0.25) is 9.39 Å². The standard InChI is InChI=1S/C15H17N5O/c1-10-4-5-20-13(7-10)19-15(12(8-16)14(20)17)18-9-11-3-2-6-21-11/h4-5,7,11H,2-3,6,9,17H2,1H3/t11-/m1/s1. The summed E-state index contributed by atoms with van der Waals surface area (Å²) in [4.78, 5) is 8.91. The van der Waals surface area contributed by atoms with Crippen molar-refractivity contribution >= 4 is 11.5 Å². The lowest BCUT2D eigenvalue weighted by molar-refractivity contribution is 0.117. The molecule has 0 amide bonds. The molecule has 3 heterocycles. The van der Waals surface area contributed by atoms with Gasteiger partial charge in [-0.2, -0.15) is 5.26 Å². The van der Waals surface area contributed by atoms with Gasteiger partial charge in [0, 0.05) is 12.8 Å². The van der Waals surface area contributed by atoms with Gasteiger partial charge in [0.25, 0.3) is 0 Å². The van der Waals surface area contributed by atoms with Crippen LogP contribution in [0.4, 0.5) is 5.82 Å². The van der Waals surface area contributed by atoms with Crippen molar-refractivity contribution in [2.24, 2.45) is 4.99 Å². The molecule has 3 rings (SSSR count). The Balaban J connectivity index is 2.11. The van der Waals surface area contributed by atoms with Crippen LogP contribution in [0.5, 0.6) is 0 Å². The molecular formula is C15H17N5O. The van der Waals surface area contributed by atoms with Gasteiger partial charge in [0.2, 0.25) is 0 Å². The van der Waals surface area contributed by atoms with E-state index in [1.807, 2.05) is 25.3 Å². The molecular weight excluding hydrogens is 266 g/mol. The van der Waals surface area contributed by atoms with Crippen LogP contribution in [0.1, 0.15) is 24.0 Å². The molecule has 21 heavy (non-hydrogen) atoms. The van der Waals surface area contributed by atoms with Gasteiger partial charge < -0.3 is 10.5 Å². The number of aromatic nitrogens is 2. The van der Waals surface area contributed by atoms with Crippen molar-refractivity contribution in [1.29, 1.82) is 5.26 Å². The van der Waals surface area contributed by atoms with E-state index in [9.17, 15) is 5.26 Å². The molecule has 0 aliphatic carbocycles. The summed E-state index contributed by atoms with van der Waals surface area (Å²) in [5.41, 5.74) is 8.56. The van der Waals surface area contributed by atoms with E-state index in [0.29, 0.717) is 29.1 Å². The highest BCUT2D eigenvalue weighted by atomic mass is 16.5. The first kappa shape index (κ1) is 13.6. The zero-order chi connectivity index (χ0) is 14.8. The maximum Gasteiger partial charge on any atom is 0.171 e. The summed E-state index contributed by atoms with van der Waals surface area (Å²) in [7, 11) is 0. The quantitative estimate of drug-likeness (QED) is 0.896. The predicted octanol–water partition coefficient (Wildman–Crippen LogP) is 1.18. The number of hydrogen-bond donors (Lipinski definition) is 1. The highest BCUT2D eigenvalue weighted by Crippen LogP contribution is 2.13. The van der Waals surface area contributed by atoms with Crippen LogP contribution in [0.25, 0.3) is 5.65 Å². The third-order valence-corrected chi connectivity index (χ3v) is 3.63. The topological polar surface area (TPSA) is 88.7 Å². The maximum absolute atomic E-state index is 9.33. The largest absolute Gasteiger partial charge is 0.384 e. The van der Waals surface area contributed by atoms with Gasteiger partial charge in [-0.05, 0) is 37.5 Å². The van der Waals surface area contributed by atoms with Crippen LogP contribution in [0.2, 0.25) is 0 Å². The van der Waals surface area contributed by atoms with Gasteiger partial charge in [-0.25, -0.2) is 4.98 Å². The van der Waals surface area contributed by atoms with Gasteiger partial charge in [-0.1, -0.05) is 0 Å². The number of rotatable bonds is 2. The van der Waals surface area contributed by atoms with Gasteiger partial charge in [0.1, 0.15) is 23.1 Å². The fourth-order valence-electron chi connectivity index (χ4n) is 2.48. The SMILES string of the molecule is Cc1ccn2c(N)c(C#N)c(=NC[C@H]3CCCO3)nc2c1. The van der Waals surface area contributed by atoms with Crippen LogP contribution in [0, 0.1) is 18.3 Å². The van der Waals surface area contributed by atoms with Crippen molar-refractivity contribution in [2.75, 3.05) is 18.9 Å². The van der Waals surface area contributed by atoms with E-state index in [1.54, 1.807) is 4.40 Å². The molecule has 2 aromatic rings. The normalized spacial score (nSPS) is 19.0. The number of hydrogen-bond acceptors (Lipinski definition) is 5. The number of pyridine rings is 1. The molecule has 0 spiro atoms. The molecule has 1 fully saturated rings. The first-order chi connectivity index (χ1) is 10.2. The van der Waals surface area contributed by atoms with Gasteiger partial charge in [0.05, 0.1) is 12.6 Å². The van der Waals surface area contributed by atoms with Crippen molar-refractivity contribution < 1.29 is 4.74 Å². The summed E-state index contributed by atoms with van der Waals surface area (Å²) < 4.78 is 7.25. The van der Waals surface area contributed by atoms with Crippen LogP contribution >= 0.6 is 0 Å². The number of anilines is 1. The summed E-state index contributed by atoms with van der Waals surface area (Å²) in [6.07, 6.45) is 4.01. The average Bonchev–Trinajstić information content (AvgIpc) is 2.98. The molecule has 1 saturated heterocycles. The monoisotopic (exact) mass is 283 g/mol. The van der Waals surface area contributed by atoms with Crippen LogP contribution < -0.4 is 11.2 Å². The second kappa shape index (κ2) is 5.54. The minimum Gasteiger partial charge on any atom is -0.384 e. The van der Waals surface area contributed by atoms with Gasteiger partial charge >= 0.3 is 0 Å². The third kappa shape index (κ3) is 2.60. The zero-order valence-corrected chi connectivity index (χ0v) is 11.9. The van der Waals surface area contributed by atoms with E-state index in [0.717, 1.165) is 25.0 Å². The van der Waals surface area contributed by atoms with E-state index >= 15 is 0 Å². The van der Waals surface area contributed by atoms with Crippen molar-refractivity contribution in [3.8, 4) is 6.07 Å². The van der Waals surface area contributed by atoms with Crippen LogP contribution in [0.3, 0.4) is 0 Å². The Bertz CT molecular complexity index is 781. The number of aryl methyl sites for hydroxylation is 1. The summed E-state index contributed by atoms with van der Waals surface area (Å²) in [5, 5.41) is 9.33.